The number of amides is 1. The van der Waals surface area contributed by atoms with E-state index in [1.54, 1.807) is 42.5 Å². The van der Waals surface area contributed by atoms with Crippen LogP contribution in [0.5, 0.6) is 5.75 Å². The van der Waals surface area contributed by atoms with Crippen LogP contribution in [0.1, 0.15) is 17.2 Å². The number of aliphatic hydroxyl groups excluding tert-OH is 1. The molecule has 0 bridgehead atoms. The van der Waals surface area contributed by atoms with Gasteiger partial charge in [-0.15, -0.1) is 0 Å². The zero-order valence-corrected chi connectivity index (χ0v) is 17.1. The van der Waals surface area contributed by atoms with Gasteiger partial charge < -0.3 is 9.84 Å². The molecule has 1 saturated heterocycles. The molecule has 1 aliphatic heterocycles. The summed E-state index contributed by atoms with van der Waals surface area (Å²) in [6.45, 7) is 0. The van der Waals surface area contributed by atoms with Crippen LogP contribution in [-0.4, -0.2) is 23.9 Å². The molecule has 4 rings (SSSR count). The first-order chi connectivity index (χ1) is 14.9. The molecule has 31 heavy (non-hydrogen) atoms. The van der Waals surface area contributed by atoms with E-state index in [2.05, 4.69) is 0 Å². The summed E-state index contributed by atoms with van der Waals surface area (Å²) in [5.41, 5.74) is 0.797. The molecule has 1 amide bonds. The molecule has 0 aromatic heterocycles. The average Bonchev–Trinajstić information content (AvgIpc) is 3.03. The fraction of sp³-hybridized carbons (Fsp3) is 0.0833. The van der Waals surface area contributed by atoms with Crippen LogP contribution in [0.3, 0.4) is 0 Å². The van der Waals surface area contributed by atoms with Crippen molar-refractivity contribution in [3.63, 3.8) is 0 Å². The van der Waals surface area contributed by atoms with E-state index >= 15 is 0 Å². The largest absolute Gasteiger partial charge is 0.507 e. The fourth-order valence-electron chi connectivity index (χ4n) is 3.70. The van der Waals surface area contributed by atoms with Crippen LogP contribution in [0.15, 0.2) is 78.4 Å². The minimum absolute atomic E-state index is 0.138. The molecule has 3 aromatic carbocycles. The van der Waals surface area contributed by atoms with E-state index < -0.39 is 23.5 Å². The van der Waals surface area contributed by atoms with Gasteiger partial charge in [-0.3, -0.25) is 14.5 Å². The molecule has 1 atom stereocenters. The molecular formula is C24H17ClFNO4. The topological polar surface area (TPSA) is 66.8 Å². The monoisotopic (exact) mass is 437 g/mol. The lowest BCUT2D eigenvalue weighted by Gasteiger charge is -2.26. The van der Waals surface area contributed by atoms with E-state index in [0.717, 1.165) is 6.07 Å². The van der Waals surface area contributed by atoms with Crippen LogP contribution in [0.4, 0.5) is 10.1 Å². The molecule has 1 N–H and O–H groups in total. The van der Waals surface area contributed by atoms with Crippen LogP contribution < -0.4 is 9.64 Å². The number of benzene rings is 3. The van der Waals surface area contributed by atoms with Gasteiger partial charge in [0.15, 0.2) is 0 Å². The summed E-state index contributed by atoms with van der Waals surface area (Å²) in [5.74, 6) is -2.31. The first-order valence-electron chi connectivity index (χ1n) is 9.38. The summed E-state index contributed by atoms with van der Waals surface area (Å²) < 4.78 is 19.4. The van der Waals surface area contributed by atoms with E-state index in [0.29, 0.717) is 16.3 Å². The quantitative estimate of drug-likeness (QED) is 0.350. The summed E-state index contributed by atoms with van der Waals surface area (Å²) in [5, 5.41) is 11.4. The number of aliphatic hydroxyl groups is 1. The number of anilines is 1. The van der Waals surface area contributed by atoms with Crippen LogP contribution in [0.25, 0.3) is 5.76 Å². The van der Waals surface area contributed by atoms with E-state index in [-0.39, 0.29) is 22.6 Å². The second-order valence-corrected chi connectivity index (χ2v) is 7.34. The summed E-state index contributed by atoms with van der Waals surface area (Å²) in [4.78, 5) is 27.3. The molecule has 1 aliphatic rings. The Labute approximate surface area is 182 Å². The van der Waals surface area contributed by atoms with Gasteiger partial charge in [-0.25, -0.2) is 4.39 Å². The zero-order chi connectivity index (χ0) is 22.1. The molecule has 0 saturated carbocycles. The molecule has 156 valence electrons. The van der Waals surface area contributed by atoms with Crippen molar-refractivity contribution in [3.05, 3.63) is 100 Å². The van der Waals surface area contributed by atoms with Crippen LogP contribution >= 0.6 is 11.6 Å². The second kappa shape index (κ2) is 8.24. The van der Waals surface area contributed by atoms with E-state index in [9.17, 15) is 19.1 Å². The highest BCUT2D eigenvalue weighted by Gasteiger charge is 2.48. The number of carbonyl (C=O) groups is 2. The third kappa shape index (κ3) is 3.66. The molecule has 0 spiro atoms. The molecule has 7 heteroatoms. The van der Waals surface area contributed by atoms with Crippen molar-refractivity contribution in [2.45, 2.75) is 6.04 Å². The van der Waals surface area contributed by atoms with Gasteiger partial charge in [0.05, 0.1) is 18.7 Å². The summed E-state index contributed by atoms with van der Waals surface area (Å²) >= 11 is 6.05. The molecule has 0 radical (unpaired) electrons. The first kappa shape index (κ1) is 20.6. The number of ketones is 1. The highest BCUT2D eigenvalue weighted by molar-refractivity contribution is 6.51. The number of hydrogen-bond donors (Lipinski definition) is 1. The predicted molar refractivity (Wildman–Crippen MR) is 116 cm³/mol. The molecular weight excluding hydrogens is 421 g/mol. The van der Waals surface area contributed by atoms with Crippen molar-refractivity contribution in [3.8, 4) is 5.75 Å². The molecule has 5 nitrogen and oxygen atoms in total. The minimum atomic E-state index is -1.03. The lowest BCUT2D eigenvalue weighted by atomic mass is 9.94. The first-order valence-corrected chi connectivity index (χ1v) is 9.75. The van der Waals surface area contributed by atoms with Gasteiger partial charge in [0.25, 0.3) is 11.7 Å². The Hall–Kier alpha value is -3.64. The maximum Gasteiger partial charge on any atom is 0.300 e. The molecule has 0 aliphatic carbocycles. The number of halogens is 2. The van der Waals surface area contributed by atoms with Gasteiger partial charge in [-0.2, -0.15) is 0 Å². The van der Waals surface area contributed by atoms with Gasteiger partial charge in [-0.05, 0) is 36.4 Å². The smallest absolute Gasteiger partial charge is 0.300 e. The number of nitrogens with zero attached hydrogens (tertiary/aromatic N) is 1. The number of para-hydroxylation sites is 1. The fourth-order valence-corrected chi connectivity index (χ4v) is 3.89. The van der Waals surface area contributed by atoms with Crippen LogP contribution in [0, 0.1) is 5.82 Å². The number of Topliss-reactive ketones (excluding diaryl/α,β-unsaturated/α-hetero) is 1. The SMILES string of the molecule is COc1ccccc1C1/C(=C(\O)c2cccc(Cl)c2)C(=O)C(=O)N1c1cccc(F)c1. The molecule has 1 heterocycles. The normalized spacial score (nSPS) is 17.8. The number of ether oxygens (including phenoxy) is 1. The lowest BCUT2D eigenvalue weighted by molar-refractivity contribution is -0.132. The molecule has 1 fully saturated rings. The van der Waals surface area contributed by atoms with Crippen molar-refractivity contribution < 1.29 is 23.8 Å². The third-order valence-electron chi connectivity index (χ3n) is 5.06. The minimum Gasteiger partial charge on any atom is -0.507 e. The van der Waals surface area contributed by atoms with Gasteiger partial charge in [0, 0.05) is 21.8 Å². The van der Waals surface area contributed by atoms with Crippen LogP contribution in [-0.2, 0) is 9.59 Å². The highest BCUT2D eigenvalue weighted by atomic mass is 35.5. The van der Waals surface area contributed by atoms with Gasteiger partial charge in [0.1, 0.15) is 17.3 Å². The Morgan fingerprint density at radius 2 is 1.77 bits per heavy atom. The van der Waals surface area contributed by atoms with Crippen molar-refractivity contribution in [1.29, 1.82) is 0 Å². The summed E-state index contributed by atoms with van der Waals surface area (Å²) in [6, 6.07) is 17.5. The summed E-state index contributed by atoms with van der Waals surface area (Å²) in [7, 11) is 1.46. The average molecular weight is 438 g/mol. The van der Waals surface area contributed by atoms with E-state index in [1.165, 1.54) is 36.3 Å². The summed E-state index contributed by atoms with van der Waals surface area (Å²) in [6.07, 6.45) is 0. The Morgan fingerprint density at radius 3 is 2.48 bits per heavy atom. The maximum absolute atomic E-state index is 14.0. The Morgan fingerprint density at radius 1 is 1.03 bits per heavy atom. The van der Waals surface area contributed by atoms with E-state index in [4.69, 9.17) is 16.3 Å². The number of carbonyl (C=O) groups excluding carboxylic acids is 2. The lowest BCUT2D eigenvalue weighted by Crippen LogP contribution is -2.29. The van der Waals surface area contributed by atoms with Gasteiger partial charge in [-0.1, -0.05) is 48.0 Å². The van der Waals surface area contributed by atoms with Gasteiger partial charge in [0.2, 0.25) is 0 Å². The van der Waals surface area contributed by atoms with Gasteiger partial charge >= 0.3 is 0 Å². The van der Waals surface area contributed by atoms with Crippen molar-refractivity contribution in [2.24, 2.45) is 0 Å². The molecule has 1 unspecified atom stereocenters. The predicted octanol–water partition coefficient (Wildman–Crippen LogP) is 5.11. The zero-order valence-electron chi connectivity index (χ0n) is 16.4. The Kier molecular flexibility index (Phi) is 5.48. The highest BCUT2D eigenvalue weighted by Crippen LogP contribution is 2.45. The van der Waals surface area contributed by atoms with Crippen molar-refractivity contribution in [1.82, 2.24) is 0 Å². The van der Waals surface area contributed by atoms with Crippen LogP contribution in [0.2, 0.25) is 5.02 Å². The van der Waals surface area contributed by atoms with Crippen molar-refractivity contribution >= 4 is 34.7 Å². The number of rotatable bonds is 4. The number of methoxy groups -OCH3 is 1. The Balaban J connectivity index is 2.00. The third-order valence-corrected chi connectivity index (χ3v) is 5.30. The molecule has 3 aromatic rings. The van der Waals surface area contributed by atoms with Crippen molar-refractivity contribution in [2.75, 3.05) is 12.0 Å². The number of hydrogen-bond acceptors (Lipinski definition) is 4. The van der Waals surface area contributed by atoms with E-state index in [1.807, 2.05) is 0 Å². The second-order valence-electron chi connectivity index (χ2n) is 6.90. The Bertz CT molecular complexity index is 1220. The standard InChI is InChI=1S/C24H17ClFNO4/c1-31-19-11-3-2-10-18(19)21-20(22(28)14-6-4-7-15(25)12-14)23(29)24(30)27(21)17-9-5-8-16(26)13-17/h2-13,21,28H,1H3/b22-20+. The maximum atomic E-state index is 14.0.